The van der Waals surface area contributed by atoms with E-state index in [-0.39, 0.29) is 16.9 Å². The zero-order valence-corrected chi connectivity index (χ0v) is 11.8. The van der Waals surface area contributed by atoms with Crippen LogP contribution in [0.3, 0.4) is 0 Å². The average Bonchev–Trinajstić information content (AvgIpc) is 3.00. The van der Waals surface area contributed by atoms with Gasteiger partial charge in [-0.2, -0.15) is 0 Å². The van der Waals surface area contributed by atoms with Gasteiger partial charge >= 0.3 is 0 Å². The molecule has 22 heavy (non-hydrogen) atoms. The minimum absolute atomic E-state index is 0.0909. The van der Waals surface area contributed by atoms with E-state index in [2.05, 4.69) is 0 Å². The van der Waals surface area contributed by atoms with Crippen molar-refractivity contribution in [3.63, 3.8) is 0 Å². The van der Waals surface area contributed by atoms with Gasteiger partial charge in [-0.15, -0.1) is 0 Å². The number of fused-ring (bicyclic) bond motifs is 1. The molecule has 1 amide bonds. The molecule has 2 aromatic heterocycles. The lowest BCUT2D eigenvalue weighted by Gasteiger charge is -2.09. The van der Waals surface area contributed by atoms with Crippen LogP contribution in [0.2, 0.25) is 0 Å². The maximum atomic E-state index is 12.6. The summed E-state index contributed by atoms with van der Waals surface area (Å²) in [5.74, 6) is -0.312. The first-order valence-electron chi connectivity index (χ1n) is 6.58. The standard InChI is InChI=1S/C16H13NO5/c1-9-4-5-11-10(7-9)14(19)16(21-8-13(17)18)15(22-11)12-3-2-6-20-12/h2-7H,8H2,1H3,(H2,17,18). The topological polar surface area (TPSA) is 95.7 Å². The van der Waals surface area contributed by atoms with E-state index in [1.54, 1.807) is 24.3 Å². The Bertz CT molecular complexity index is 893. The van der Waals surface area contributed by atoms with Gasteiger partial charge in [-0.25, -0.2) is 0 Å². The summed E-state index contributed by atoms with van der Waals surface area (Å²) in [5, 5.41) is 0.370. The number of aryl methyl sites for hydroxylation is 1. The summed E-state index contributed by atoms with van der Waals surface area (Å²) in [6.07, 6.45) is 1.45. The van der Waals surface area contributed by atoms with E-state index in [1.807, 2.05) is 13.0 Å². The van der Waals surface area contributed by atoms with Gasteiger partial charge in [-0.05, 0) is 31.2 Å². The van der Waals surface area contributed by atoms with Crippen LogP contribution in [0, 0.1) is 6.92 Å². The third-order valence-electron chi connectivity index (χ3n) is 3.11. The van der Waals surface area contributed by atoms with Gasteiger partial charge in [0.05, 0.1) is 11.6 Å². The van der Waals surface area contributed by atoms with Crippen LogP contribution in [0.1, 0.15) is 5.56 Å². The van der Waals surface area contributed by atoms with Crippen LogP contribution in [0.4, 0.5) is 0 Å². The molecule has 6 heteroatoms. The van der Waals surface area contributed by atoms with E-state index in [9.17, 15) is 9.59 Å². The quantitative estimate of drug-likeness (QED) is 0.797. The van der Waals surface area contributed by atoms with Gasteiger partial charge in [0.2, 0.25) is 16.9 Å². The molecule has 0 atom stereocenters. The molecule has 0 aliphatic rings. The van der Waals surface area contributed by atoms with E-state index in [0.717, 1.165) is 5.56 Å². The first-order valence-corrected chi connectivity index (χ1v) is 6.58. The smallest absolute Gasteiger partial charge is 0.255 e. The lowest BCUT2D eigenvalue weighted by Crippen LogP contribution is -2.22. The number of rotatable bonds is 4. The summed E-state index contributed by atoms with van der Waals surface area (Å²) < 4.78 is 16.3. The number of nitrogens with two attached hydrogens (primary N) is 1. The van der Waals surface area contributed by atoms with Gasteiger partial charge in [0.1, 0.15) is 5.58 Å². The zero-order valence-electron chi connectivity index (χ0n) is 11.8. The number of primary amides is 1. The third-order valence-corrected chi connectivity index (χ3v) is 3.11. The molecule has 0 saturated heterocycles. The molecule has 2 N–H and O–H groups in total. The molecule has 2 heterocycles. The second-order valence-electron chi connectivity index (χ2n) is 4.82. The second-order valence-corrected chi connectivity index (χ2v) is 4.82. The van der Waals surface area contributed by atoms with E-state index in [1.165, 1.54) is 6.26 Å². The summed E-state index contributed by atoms with van der Waals surface area (Å²) in [7, 11) is 0. The summed E-state index contributed by atoms with van der Waals surface area (Å²) in [4.78, 5) is 23.6. The summed E-state index contributed by atoms with van der Waals surface area (Å²) >= 11 is 0. The predicted octanol–water partition coefficient (Wildman–Crippen LogP) is 2.23. The Kier molecular flexibility index (Phi) is 3.42. The minimum Gasteiger partial charge on any atom is -0.476 e. The third kappa shape index (κ3) is 2.46. The fraction of sp³-hybridized carbons (Fsp3) is 0.125. The number of furan rings is 1. The molecule has 0 unspecified atom stereocenters. The highest BCUT2D eigenvalue weighted by atomic mass is 16.5. The van der Waals surface area contributed by atoms with Crippen LogP contribution in [-0.2, 0) is 4.79 Å². The largest absolute Gasteiger partial charge is 0.476 e. The van der Waals surface area contributed by atoms with Gasteiger partial charge in [0.15, 0.2) is 12.4 Å². The first kappa shape index (κ1) is 13.9. The summed E-state index contributed by atoms with van der Waals surface area (Å²) in [6.45, 7) is 1.44. The highest BCUT2D eigenvalue weighted by molar-refractivity contribution is 5.82. The SMILES string of the molecule is Cc1ccc2oc(-c3ccco3)c(OCC(N)=O)c(=O)c2c1. The summed E-state index contributed by atoms with van der Waals surface area (Å²) in [5.41, 5.74) is 6.02. The van der Waals surface area contributed by atoms with Crippen LogP contribution in [0.25, 0.3) is 22.5 Å². The Morgan fingerprint density at radius 3 is 2.82 bits per heavy atom. The molecule has 0 bridgehead atoms. The van der Waals surface area contributed by atoms with Crippen molar-refractivity contribution < 1.29 is 18.4 Å². The molecular formula is C16H13NO5. The van der Waals surface area contributed by atoms with E-state index in [4.69, 9.17) is 19.3 Å². The van der Waals surface area contributed by atoms with Gasteiger partial charge in [-0.3, -0.25) is 9.59 Å². The second kappa shape index (κ2) is 5.40. The highest BCUT2D eigenvalue weighted by Gasteiger charge is 2.20. The first-order chi connectivity index (χ1) is 10.6. The Morgan fingerprint density at radius 2 is 2.14 bits per heavy atom. The molecule has 0 aliphatic carbocycles. The fourth-order valence-electron chi connectivity index (χ4n) is 2.14. The number of benzene rings is 1. The van der Waals surface area contributed by atoms with Crippen molar-refractivity contribution in [2.45, 2.75) is 6.92 Å². The van der Waals surface area contributed by atoms with Crippen molar-refractivity contribution in [1.82, 2.24) is 0 Å². The minimum atomic E-state index is -0.686. The van der Waals surface area contributed by atoms with Gasteiger partial charge < -0.3 is 19.3 Å². The van der Waals surface area contributed by atoms with Crippen LogP contribution in [0.15, 0.2) is 50.2 Å². The Morgan fingerprint density at radius 1 is 1.32 bits per heavy atom. The number of hydrogen-bond donors (Lipinski definition) is 1. The molecule has 0 spiro atoms. The molecule has 1 aromatic carbocycles. The molecule has 0 aliphatic heterocycles. The molecule has 0 saturated carbocycles. The Labute approximate surface area is 125 Å². The van der Waals surface area contributed by atoms with E-state index < -0.39 is 12.5 Å². The number of carbonyl (C=O) groups is 1. The van der Waals surface area contributed by atoms with Gasteiger partial charge in [0.25, 0.3) is 5.91 Å². The van der Waals surface area contributed by atoms with Crippen molar-refractivity contribution in [3.8, 4) is 17.3 Å². The normalized spacial score (nSPS) is 10.8. The molecule has 6 nitrogen and oxygen atoms in total. The van der Waals surface area contributed by atoms with Crippen LogP contribution < -0.4 is 15.9 Å². The molecule has 3 aromatic rings. The number of hydrogen-bond acceptors (Lipinski definition) is 5. The molecule has 0 radical (unpaired) electrons. The lowest BCUT2D eigenvalue weighted by molar-refractivity contribution is -0.119. The van der Waals surface area contributed by atoms with Gasteiger partial charge in [0, 0.05) is 0 Å². The van der Waals surface area contributed by atoms with Crippen molar-refractivity contribution in [2.75, 3.05) is 6.61 Å². The number of ether oxygens (including phenoxy) is 1. The van der Waals surface area contributed by atoms with Crippen molar-refractivity contribution in [2.24, 2.45) is 5.73 Å². The van der Waals surface area contributed by atoms with Crippen LogP contribution in [0.5, 0.6) is 5.75 Å². The van der Waals surface area contributed by atoms with E-state index >= 15 is 0 Å². The fourth-order valence-corrected chi connectivity index (χ4v) is 2.14. The van der Waals surface area contributed by atoms with Crippen molar-refractivity contribution >= 4 is 16.9 Å². The number of carbonyl (C=O) groups excluding carboxylic acids is 1. The summed E-state index contributed by atoms with van der Waals surface area (Å²) in [6, 6.07) is 8.53. The maximum Gasteiger partial charge on any atom is 0.255 e. The monoisotopic (exact) mass is 299 g/mol. The van der Waals surface area contributed by atoms with Crippen LogP contribution in [-0.4, -0.2) is 12.5 Å². The maximum absolute atomic E-state index is 12.6. The molecule has 112 valence electrons. The van der Waals surface area contributed by atoms with Crippen molar-refractivity contribution in [3.05, 3.63) is 52.4 Å². The van der Waals surface area contributed by atoms with Crippen molar-refractivity contribution in [1.29, 1.82) is 0 Å². The average molecular weight is 299 g/mol. The predicted molar refractivity (Wildman–Crippen MR) is 79.6 cm³/mol. The molecular weight excluding hydrogens is 286 g/mol. The van der Waals surface area contributed by atoms with Gasteiger partial charge in [-0.1, -0.05) is 11.6 Å². The highest BCUT2D eigenvalue weighted by Crippen LogP contribution is 2.31. The molecule has 3 rings (SSSR count). The molecule has 0 fully saturated rings. The number of amides is 1. The van der Waals surface area contributed by atoms with Crippen LogP contribution >= 0.6 is 0 Å². The zero-order chi connectivity index (χ0) is 15.7. The Balaban J connectivity index is 2.27. The Hall–Kier alpha value is -3.02. The lowest BCUT2D eigenvalue weighted by atomic mass is 10.1. The van der Waals surface area contributed by atoms with E-state index in [0.29, 0.717) is 16.7 Å².